The Morgan fingerprint density at radius 3 is 2.81 bits per heavy atom. The number of aromatic nitrogens is 2. The Labute approximate surface area is 127 Å². The lowest BCUT2D eigenvalue weighted by atomic mass is 10.3. The molecule has 0 aliphatic rings. The lowest BCUT2D eigenvalue weighted by molar-refractivity contribution is 0.0925. The SMILES string of the molecule is NC(CCl)=Nc1ccc(OCC(O)Cn2ccnc2)cc1. The van der Waals surface area contributed by atoms with Gasteiger partial charge in [-0.2, -0.15) is 0 Å². The van der Waals surface area contributed by atoms with Crippen molar-refractivity contribution in [3.8, 4) is 5.75 Å². The van der Waals surface area contributed by atoms with E-state index >= 15 is 0 Å². The molecule has 7 heteroatoms. The Kier molecular flexibility index (Phi) is 5.59. The van der Waals surface area contributed by atoms with Crippen LogP contribution in [0.2, 0.25) is 0 Å². The van der Waals surface area contributed by atoms with E-state index in [4.69, 9.17) is 22.1 Å². The van der Waals surface area contributed by atoms with Gasteiger partial charge in [0.25, 0.3) is 0 Å². The number of aliphatic hydroxyl groups excluding tert-OH is 1. The minimum Gasteiger partial charge on any atom is -0.491 e. The molecule has 3 N–H and O–H groups in total. The molecule has 0 spiro atoms. The summed E-state index contributed by atoms with van der Waals surface area (Å²) in [5.41, 5.74) is 6.26. The van der Waals surface area contributed by atoms with Crippen LogP contribution in [-0.4, -0.2) is 39.1 Å². The maximum Gasteiger partial charge on any atom is 0.119 e. The molecule has 21 heavy (non-hydrogen) atoms. The van der Waals surface area contributed by atoms with Crippen LogP contribution in [0, 0.1) is 0 Å². The number of benzene rings is 1. The number of amidine groups is 1. The molecule has 0 aliphatic carbocycles. The number of aliphatic imine (C=N–C) groups is 1. The summed E-state index contributed by atoms with van der Waals surface area (Å²) in [6.45, 7) is 0.638. The van der Waals surface area contributed by atoms with E-state index < -0.39 is 6.10 Å². The van der Waals surface area contributed by atoms with Crippen molar-refractivity contribution < 1.29 is 9.84 Å². The first-order chi connectivity index (χ1) is 10.2. The van der Waals surface area contributed by atoms with E-state index in [9.17, 15) is 5.11 Å². The van der Waals surface area contributed by atoms with Crippen molar-refractivity contribution in [1.29, 1.82) is 0 Å². The Hall–Kier alpha value is -2.05. The van der Waals surface area contributed by atoms with Crippen LogP contribution in [0.1, 0.15) is 0 Å². The van der Waals surface area contributed by atoms with E-state index in [0.29, 0.717) is 23.8 Å². The van der Waals surface area contributed by atoms with E-state index in [1.54, 1.807) is 47.6 Å². The maximum atomic E-state index is 9.86. The molecule has 0 bridgehead atoms. The van der Waals surface area contributed by atoms with Crippen molar-refractivity contribution >= 4 is 23.1 Å². The minimum absolute atomic E-state index is 0.193. The van der Waals surface area contributed by atoms with Crippen LogP contribution in [0.3, 0.4) is 0 Å². The molecule has 6 nitrogen and oxygen atoms in total. The molecule has 0 fully saturated rings. The van der Waals surface area contributed by atoms with Crippen LogP contribution in [0.25, 0.3) is 0 Å². The summed E-state index contributed by atoms with van der Waals surface area (Å²) in [7, 11) is 0. The molecule has 1 aromatic heterocycles. The number of nitrogens with two attached hydrogens (primary N) is 1. The van der Waals surface area contributed by atoms with Crippen molar-refractivity contribution in [2.24, 2.45) is 10.7 Å². The largest absolute Gasteiger partial charge is 0.491 e. The quantitative estimate of drug-likeness (QED) is 0.461. The fourth-order valence-electron chi connectivity index (χ4n) is 1.70. The second-order valence-corrected chi connectivity index (χ2v) is 4.72. The van der Waals surface area contributed by atoms with Gasteiger partial charge in [0.15, 0.2) is 0 Å². The van der Waals surface area contributed by atoms with Crippen molar-refractivity contribution in [3.63, 3.8) is 0 Å². The molecule has 1 aromatic carbocycles. The van der Waals surface area contributed by atoms with Crippen molar-refractivity contribution in [3.05, 3.63) is 43.0 Å². The van der Waals surface area contributed by atoms with Gasteiger partial charge in [0.05, 0.1) is 24.4 Å². The molecule has 1 heterocycles. The first-order valence-electron chi connectivity index (χ1n) is 6.43. The highest BCUT2D eigenvalue weighted by Gasteiger charge is 2.06. The lowest BCUT2D eigenvalue weighted by Crippen LogP contribution is -2.22. The number of nitrogens with zero attached hydrogens (tertiary/aromatic N) is 3. The van der Waals surface area contributed by atoms with E-state index in [1.165, 1.54) is 0 Å². The highest BCUT2D eigenvalue weighted by atomic mass is 35.5. The van der Waals surface area contributed by atoms with Crippen molar-refractivity contribution in [1.82, 2.24) is 9.55 Å². The zero-order valence-electron chi connectivity index (χ0n) is 11.4. The van der Waals surface area contributed by atoms with Crippen LogP contribution in [0.5, 0.6) is 5.75 Å². The fraction of sp³-hybridized carbons (Fsp3) is 0.286. The molecule has 1 unspecified atom stereocenters. The molecule has 112 valence electrons. The lowest BCUT2D eigenvalue weighted by Gasteiger charge is -2.12. The summed E-state index contributed by atoms with van der Waals surface area (Å²) in [6.07, 6.45) is 4.50. The minimum atomic E-state index is -0.608. The molecule has 0 amide bonds. The van der Waals surface area contributed by atoms with Crippen molar-refractivity contribution in [2.45, 2.75) is 12.6 Å². The summed E-state index contributed by atoms with van der Waals surface area (Å²) in [5, 5.41) is 9.86. The second kappa shape index (κ2) is 7.66. The smallest absolute Gasteiger partial charge is 0.119 e. The van der Waals surface area contributed by atoms with Gasteiger partial charge in [0.2, 0.25) is 0 Å². The second-order valence-electron chi connectivity index (χ2n) is 4.45. The van der Waals surface area contributed by atoms with Gasteiger partial charge < -0.3 is 20.1 Å². The third-order valence-electron chi connectivity index (χ3n) is 2.67. The van der Waals surface area contributed by atoms with Gasteiger partial charge in [-0.05, 0) is 24.3 Å². The summed E-state index contributed by atoms with van der Waals surface area (Å²) in [6, 6.07) is 7.09. The number of rotatable bonds is 7. The van der Waals surface area contributed by atoms with Crippen LogP contribution < -0.4 is 10.5 Å². The van der Waals surface area contributed by atoms with Crippen LogP contribution in [-0.2, 0) is 6.54 Å². The highest BCUT2D eigenvalue weighted by molar-refractivity contribution is 6.28. The number of hydrogen-bond donors (Lipinski definition) is 2. The predicted octanol–water partition coefficient (Wildman–Crippen LogP) is 1.55. The highest BCUT2D eigenvalue weighted by Crippen LogP contribution is 2.18. The van der Waals surface area contributed by atoms with Gasteiger partial charge in [-0.25, -0.2) is 9.98 Å². The average Bonchev–Trinajstić information content (AvgIpc) is 2.99. The number of alkyl halides is 1. The van der Waals surface area contributed by atoms with Crippen LogP contribution >= 0.6 is 11.6 Å². The average molecular weight is 309 g/mol. The Morgan fingerprint density at radius 1 is 1.43 bits per heavy atom. The summed E-state index contributed by atoms with van der Waals surface area (Å²) in [4.78, 5) is 8.02. The van der Waals surface area contributed by atoms with Gasteiger partial charge >= 0.3 is 0 Å². The molecule has 0 saturated carbocycles. The number of ether oxygens (including phenoxy) is 1. The molecule has 0 saturated heterocycles. The molecular formula is C14H17ClN4O2. The third kappa shape index (κ3) is 5.09. The summed E-state index contributed by atoms with van der Waals surface area (Å²) in [5.74, 6) is 1.21. The van der Waals surface area contributed by atoms with Gasteiger partial charge in [-0.15, -0.1) is 11.6 Å². The van der Waals surface area contributed by atoms with Gasteiger partial charge in [-0.1, -0.05) is 0 Å². The van der Waals surface area contributed by atoms with Gasteiger partial charge in [0.1, 0.15) is 24.3 Å². The summed E-state index contributed by atoms with van der Waals surface area (Å²) >= 11 is 5.56. The monoisotopic (exact) mass is 308 g/mol. The van der Waals surface area contributed by atoms with Crippen molar-refractivity contribution in [2.75, 3.05) is 12.5 Å². The Balaban J connectivity index is 1.83. The van der Waals surface area contributed by atoms with Gasteiger partial charge in [-0.3, -0.25) is 0 Å². The standard InChI is InChI=1S/C14H17ClN4O2/c15-7-14(16)18-11-1-3-13(4-2-11)21-9-12(20)8-19-6-5-17-10-19/h1-6,10,12,20H,7-9H2,(H2,16,18). The Morgan fingerprint density at radius 2 is 2.19 bits per heavy atom. The maximum absolute atomic E-state index is 9.86. The van der Waals surface area contributed by atoms with Crippen LogP contribution in [0.15, 0.2) is 48.0 Å². The van der Waals surface area contributed by atoms with E-state index in [1.807, 2.05) is 0 Å². The molecule has 0 aliphatic heterocycles. The van der Waals surface area contributed by atoms with E-state index in [2.05, 4.69) is 9.98 Å². The fourth-order valence-corrected chi connectivity index (χ4v) is 1.76. The molecule has 2 rings (SSSR count). The first kappa shape index (κ1) is 15.3. The molecular weight excluding hydrogens is 292 g/mol. The van der Waals surface area contributed by atoms with E-state index in [-0.39, 0.29) is 12.5 Å². The number of hydrogen-bond acceptors (Lipinski definition) is 4. The summed E-state index contributed by atoms with van der Waals surface area (Å²) < 4.78 is 7.31. The Bertz CT molecular complexity index is 569. The zero-order chi connectivity index (χ0) is 15.1. The number of imidazole rings is 1. The molecule has 2 aromatic rings. The van der Waals surface area contributed by atoms with Gasteiger partial charge in [0, 0.05) is 12.4 Å². The molecule has 1 atom stereocenters. The third-order valence-corrected chi connectivity index (χ3v) is 2.94. The molecule has 0 radical (unpaired) electrons. The first-order valence-corrected chi connectivity index (χ1v) is 6.96. The topological polar surface area (TPSA) is 85.7 Å². The van der Waals surface area contributed by atoms with Crippen LogP contribution in [0.4, 0.5) is 5.69 Å². The zero-order valence-corrected chi connectivity index (χ0v) is 12.1. The predicted molar refractivity (Wildman–Crippen MR) is 82.2 cm³/mol. The normalized spacial score (nSPS) is 13.1. The van der Waals surface area contributed by atoms with E-state index in [0.717, 1.165) is 0 Å². The number of aliphatic hydroxyl groups is 1. The number of halogens is 1.